The summed E-state index contributed by atoms with van der Waals surface area (Å²) in [5.41, 5.74) is 0. The number of nitrogens with zero attached hydrogens (tertiary/aromatic N) is 1. The highest BCUT2D eigenvalue weighted by Gasteiger charge is 2.36. The molecule has 1 aromatic rings. The van der Waals surface area contributed by atoms with E-state index >= 15 is 0 Å². The van der Waals surface area contributed by atoms with E-state index in [4.69, 9.17) is 16.7 Å². The zero-order valence-corrected chi connectivity index (χ0v) is 10.9. The molecule has 7 heteroatoms. The van der Waals surface area contributed by atoms with E-state index in [0.717, 1.165) is 0 Å². The second-order valence-electron chi connectivity index (χ2n) is 3.97. The Morgan fingerprint density at radius 2 is 2.28 bits per heavy atom. The van der Waals surface area contributed by atoms with Crippen molar-refractivity contribution < 1.29 is 14.7 Å². The number of halogens is 1. The lowest BCUT2D eigenvalue weighted by Crippen LogP contribution is -2.35. The standard InChI is InChI=1S/C11H11ClN2O3S/c12-6-1-2-7(10(16)17)8(5-6)9(15)14-11-13-3-4-18-11/h1,3-4,7-8H,2,5H2,(H,16,17)(H,13,14,15)/t7-,8+/m1/s1. The smallest absolute Gasteiger partial charge is 0.307 e. The summed E-state index contributed by atoms with van der Waals surface area (Å²) in [7, 11) is 0. The summed E-state index contributed by atoms with van der Waals surface area (Å²) in [5, 5.41) is 14.5. The Balaban J connectivity index is 2.11. The second-order valence-corrected chi connectivity index (χ2v) is 5.35. The van der Waals surface area contributed by atoms with E-state index in [9.17, 15) is 9.59 Å². The van der Waals surface area contributed by atoms with Crippen LogP contribution in [0.25, 0.3) is 0 Å². The largest absolute Gasteiger partial charge is 0.481 e. The molecule has 0 aromatic carbocycles. The average molecular weight is 287 g/mol. The molecule has 1 aliphatic rings. The minimum Gasteiger partial charge on any atom is -0.481 e. The van der Waals surface area contributed by atoms with Gasteiger partial charge in [-0.1, -0.05) is 17.7 Å². The molecule has 0 aliphatic heterocycles. The first-order valence-electron chi connectivity index (χ1n) is 5.35. The monoisotopic (exact) mass is 286 g/mol. The number of allylic oxidation sites excluding steroid dienone is 2. The molecule has 2 rings (SSSR count). The van der Waals surface area contributed by atoms with Gasteiger partial charge in [-0.2, -0.15) is 0 Å². The Kier molecular flexibility index (Phi) is 3.98. The van der Waals surface area contributed by atoms with Gasteiger partial charge in [-0.05, 0) is 12.8 Å². The van der Waals surface area contributed by atoms with Crippen LogP contribution in [0.2, 0.25) is 0 Å². The van der Waals surface area contributed by atoms with Crippen molar-refractivity contribution in [3.63, 3.8) is 0 Å². The van der Waals surface area contributed by atoms with Gasteiger partial charge in [-0.15, -0.1) is 11.3 Å². The van der Waals surface area contributed by atoms with Crippen molar-refractivity contribution in [1.29, 1.82) is 0 Å². The van der Waals surface area contributed by atoms with Gasteiger partial charge in [0.1, 0.15) is 0 Å². The van der Waals surface area contributed by atoms with Gasteiger partial charge in [0.15, 0.2) is 5.13 Å². The zero-order valence-electron chi connectivity index (χ0n) is 9.30. The fraction of sp³-hybridized carbons (Fsp3) is 0.364. The quantitative estimate of drug-likeness (QED) is 0.894. The number of anilines is 1. The number of rotatable bonds is 3. The number of aromatic nitrogens is 1. The number of carbonyl (C=O) groups is 2. The van der Waals surface area contributed by atoms with Crippen LogP contribution in [-0.4, -0.2) is 22.0 Å². The number of thiazole rings is 1. The molecule has 1 aliphatic carbocycles. The number of nitrogens with one attached hydrogen (secondary N) is 1. The van der Waals surface area contributed by atoms with Crippen LogP contribution in [0.5, 0.6) is 0 Å². The minimum absolute atomic E-state index is 0.260. The van der Waals surface area contributed by atoms with Crippen LogP contribution in [0.4, 0.5) is 5.13 Å². The molecule has 2 atom stereocenters. The zero-order chi connectivity index (χ0) is 13.1. The Bertz CT molecular complexity index is 486. The van der Waals surface area contributed by atoms with Crippen LogP contribution in [0.3, 0.4) is 0 Å². The number of hydrogen-bond acceptors (Lipinski definition) is 4. The highest BCUT2D eigenvalue weighted by atomic mass is 35.5. The molecule has 0 radical (unpaired) electrons. The molecule has 0 fully saturated rings. The van der Waals surface area contributed by atoms with Crippen LogP contribution in [0.15, 0.2) is 22.7 Å². The lowest BCUT2D eigenvalue weighted by Gasteiger charge is -2.25. The third-order valence-electron chi connectivity index (χ3n) is 2.81. The first-order chi connectivity index (χ1) is 8.58. The van der Waals surface area contributed by atoms with Gasteiger partial charge in [0, 0.05) is 16.6 Å². The summed E-state index contributed by atoms with van der Waals surface area (Å²) >= 11 is 7.17. The number of amides is 1. The Labute approximate surface area is 112 Å². The predicted molar refractivity (Wildman–Crippen MR) is 68.5 cm³/mol. The van der Waals surface area contributed by atoms with Crippen LogP contribution in [0.1, 0.15) is 12.8 Å². The summed E-state index contributed by atoms with van der Waals surface area (Å²) in [6, 6.07) is 0. The molecular weight excluding hydrogens is 276 g/mol. The van der Waals surface area contributed by atoms with Crippen LogP contribution < -0.4 is 5.32 Å². The van der Waals surface area contributed by atoms with E-state index in [1.165, 1.54) is 11.3 Å². The lowest BCUT2D eigenvalue weighted by atomic mass is 9.82. The fourth-order valence-electron chi connectivity index (χ4n) is 1.89. The van der Waals surface area contributed by atoms with Crippen molar-refractivity contribution in [2.45, 2.75) is 12.8 Å². The number of aliphatic carboxylic acids is 1. The van der Waals surface area contributed by atoms with Crippen LogP contribution in [-0.2, 0) is 9.59 Å². The van der Waals surface area contributed by atoms with E-state index in [0.29, 0.717) is 10.2 Å². The molecule has 1 amide bonds. The first-order valence-corrected chi connectivity index (χ1v) is 6.61. The predicted octanol–water partition coefficient (Wildman–Crippen LogP) is 2.32. The number of carboxylic acid groups (broad SMARTS) is 1. The molecule has 5 nitrogen and oxygen atoms in total. The highest BCUT2D eigenvalue weighted by Crippen LogP contribution is 2.32. The van der Waals surface area contributed by atoms with Gasteiger partial charge < -0.3 is 10.4 Å². The molecule has 0 saturated heterocycles. The third-order valence-corrected chi connectivity index (χ3v) is 3.81. The van der Waals surface area contributed by atoms with Gasteiger partial charge in [0.2, 0.25) is 5.91 Å². The highest BCUT2D eigenvalue weighted by molar-refractivity contribution is 7.13. The lowest BCUT2D eigenvalue weighted by molar-refractivity contribution is -0.146. The van der Waals surface area contributed by atoms with Crippen molar-refractivity contribution in [3.05, 3.63) is 22.7 Å². The Morgan fingerprint density at radius 1 is 1.50 bits per heavy atom. The van der Waals surface area contributed by atoms with Crippen LogP contribution in [0, 0.1) is 11.8 Å². The Morgan fingerprint density at radius 3 is 2.89 bits per heavy atom. The molecule has 18 heavy (non-hydrogen) atoms. The Hall–Kier alpha value is -1.40. The van der Waals surface area contributed by atoms with Gasteiger partial charge in [-0.3, -0.25) is 9.59 Å². The minimum atomic E-state index is -0.977. The second kappa shape index (κ2) is 5.49. The molecule has 2 N–H and O–H groups in total. The average Bonchev–Trinajstić information content (AvgIpc) is 2.81. The fourth-order valence-corrected chi connectivity index (χ4v) is 2.67. The maximum Gasteiger partial charge on any atom is 0.307 e. The van der Waals surface area contributed by atoms with Crippen LogP contribution >= 0.6 is 22.9 Å². The molecule has 1 heterocycles. The SMILES string of the molecule is O=C(Nc1nccs1)[C@H]1CC(Cl)=CC[C@H]1C(=O)O. The summed E-state index contributed by atoms with van der Waals surface area (Å²) < 4.78 is 0. The molecule has 0 unspecified atom stereocenters. The molecule has 0 spiro atoms. The van der Waals surface area contributed by atoms with Crippen molar-refractivity contribution in [3.8, 4) is 0 Å². The number of carbonyl (C=O) groups excluding carboxylic acids is 1. The maximum absolute atomic E-state index is 12.0. The topological polar surface area (TPSA) is 79.3 Å². The summed E-state index contributed by atoms with van der Waals surface area (Å²) in [5.74, 6) is -2.70. The molecule has 96 valence electrons. The van der Waals surface area contributed by atoms with Crippen molar-refractivity contribution >= 4 is 39.9 Å². The van der Waals surface area contributed by atoms with Gasteiger partial charge in [0.05, 0.1) is 11.8 Å². The summed E-state index contributed by atoms with van der Waals surface area (Å²) in [4.78, 5) is 27.1. The molecule has 0 saturated carbocycles. The van der Waals surface area contributed by atoms with Crippen molar-refractivity contribution in [2.75, 3.05) is 5.32 Å². The van der Waals surface area contributed by atoms with E-state index in [1.54, 1.807) is 17.7 Å². The van der Waals surface area contributed by atoms with E-state index < -0.39 is 17.8 Å². The van der Waals surface area contributed by atoms with E-state index in [1.807, 2.05) is 0 Å². The molecule has 1 aromatic heterocycles. The van der Waals surface area contributed by atoms with E-state index in [-0.39, 0.29) is 18.7 Å². The normalized spacial score (nSPS) is 23.3. The summed E-state index contributed by atoms with van der Waals surface area (Å²) in [6.45, 7) is 0. The van der Waals surface area contributed by atoms with Gasteiger partial charge in [0.25, 0.3) is 0 Å². The van der Waals surface area contributed by atoms with Gasteiger partial charge in [-0.25, -0.2) is 4.98 Å². The first kappa shape index (κ1) is 13.0. The molecule has 0 bridgehead atoms. The summed E-state index contributed by atoms with van der Waals surface area (Å²) in [6.07, 6.45) is 3.77. The van der Waals surface area contributed by atoms with Crippen molar-refractivity contribution in [1.82, 2.24) is 4.98 Å². The van der Waals surface area contributed by atoms with E-state index in [2.05, 4.69) is 10.3 Å². The van der Waals surface area contributed by atoms with Gasteiger partial charge >= 0.3 is 5.97 Å². The number of carboxylic acids is 1. The maximum atomic E-state index is 12.0. The third kappa shape index (κ3) is 2.88. The van der Waals surface area contributed by atoms with Crippen molar-refractivity contribution in [2.24, 2.45) is 11.8 Å². The molecular formula is C11H11ClN2O3S. The number of hydrogen-bond donors (Lipinski definition) is 2.